The highest BCUT2D eigenvalue weighted by Gasteiger charge is 2.40. The van der Waals surface area contributed by atoms with E-state index in [4.69, 9.17) is 0 Å². The Hall–Kier alpha value is -4.51. The third-order valence-electron chi connectivity index (χ3n) is 6.17. The maximum absolute atomic E-state index is 14.8. The fraction of sp³-hybridized carbons (Fsp3) is 0.160. The lowest BCUT2D eigenvalue weighted by atomic mass is 9.86. The molecule has 0 saturated carbocycles. The molecule has 11 heteroatoms. The van der Waals surface area contributed by atoms with Crippen molar-refractivity contribution in [2.24, 2.45) is 0 Å². The molecule has 5 rings (SSSR count). The van der Waals surface area contributed by atoms with Gasteiger partial charge in [0, 0.05) is 23.9 Å². The Balaban J connectivity index is 1.50. The zero-order valence-corrected chi connectivity index (χ0v) is 19.1. The van der Waals surface area contributed by atoms with Gasteiger partial charge in [-0.1, -0.05) is 18.2 Å². The normalized spacial score (nSPS) is 13.9. The number of aliphatic hydroxyl groups is 1. The SMILES string of the molecule is C[C@@H](n1ccc(-c2ccc(-n3nccn3)cc2)cc1=O)[C@](O)(Cn1cncn1)c1ccc(F)cc1F. The first-order valence-electron chi connectivity index (χ1n) is 11.0. The Kier molecular flexibility index (Phi) is 5.98. The second kappa shape index (κ2) is 9.27. The van der Waals surface area contributed by atoms with Crippen LogP contribution >= 0.6 is 0 Å². The fourth-order valence-electron chi connectivity index (χ4n) is 4.20. The molecule has 36 heavy (non-hydrogen) atoms. The fourth-order valence-corrected chi connectivity index (χ4v) is 4.20. The summed E-state index contributed by atoms with van der Waals surface area (Å²) in [4.78, 5) is 18.5. The number of halogens is 2. The highest BCUT2D eigenvalue weighted by molar-refractivity contribution is 5.64. The van der Waals surface area contributed by atoms with Gasteiger partial charge >= 0.3 is 0 Å². The van der Waals surface area contributed by atoms with Crippen LogP contribution in [-0.2, 0) is 12.1 Å². The minimum Gasteiger partial charge on any atom is -0.381 e. The van der Waals surface area contributed by atoms with Crippen molar-refractivity contribution in [3.05, 3.63) is 113 Å². The van der Waals surface area contributed by atoms with E-state index < -0.39 is 28.8 Å². The zero-order chi connectivity index (χ0) is 25.3. The third-order valence-corrected chi connectivity index (χ3v) is 6.17. The summed E-state index contributed by atoms with van der Waals surface area (Å²) in [5, 5.41) is 23.9. The predicted molar refractivity (Wildman–Crippen MR) is 126 cm³/mol. The maximum Gasteiger partial charge on any atom is 0.251 e. The molecule has 0 spiro atoms. The van der Waals surface area contributed by atoms with Crippen molar-refractivity contribution >= 4 is 0 Å². The number of hydrogen-bond acceptors (Lipinski definition) is 6. The largest absolute Gasteiger partial charge is 0.381 e. The first-order valence-corrected chi connectivity index (χ1v) is 11.0. The molecule has 0 unspecified atom stereocenters. The highest BCUT2D eigenvalue weighted by Crippen LogP contribution is 2.36. The van der Waals surface area contributed by atoms with Crippen LogP contribution in [0.2, 0.25) is 0 Å². The molecule has 0 saturated heterocycles. The van der Waals surface area contributed by atoms with E-state index in [-0.39, 0.29) is 12.1 Å². The van der Waals surface area contributed by atoms with Crippen molar-refractivity contribution < 1.29 is 13.9 Å². The quantitative estimate of drug-likeness (QED) is 0.377. The summed E-state index contributed by atoms with van der Waals surface area (Å²) < 4.78 is 31.1. The number of aromatic nitrogens is 7. The summed E-state index contributed by atoms with van der Waals surface area (Å²) in [7, 11) is 0. The number of benzene rings is 2. The van der Waals surface area contributed by atoms with Gasteiger partial charge in [0.25, 0.3) is 5.56 Å². The van der Waals surface area contributed by atoms with Gasteiger partial charge in [-0.2, -0.15) is 20.1 Å². The monoisotopic (exact) mass is 489 g/mol. The molecule has 3 aromatic heterocycles. The summed E-state index contributed by atoms with van der Waals surface area (Å²) in [5.74, 6) is -1.70. The number of hydrogen-bond donors (Lipinski definition) is 1. The third kappa shape index (κ3) is 4.31. The summed E-state index contributed by atoms with van der Waals surface area (Å²) in [6.07, 6.45) is 7.35. The maximum atomic E-state index is 14.8. The lowest BCUT2D eigenvalue weighted by Gasteiger charge is -2.35. The van der Waals surface area contributed by atoms with Crippen molar-refractivity contribution in [3.8, 4) is 16.8 Å². The van der Waals surface area contributed by atoms with Gasteiger partial charge in [-0.3, -0.25) is 4.79 Å². The number of rotatable bonds is 7. The van der Waals surface area contributed by atoms with Crippen molar-refractivity contribution in [2.45, 2.75) is 25.1 Å². The van der Waals surface area contributed by atoms with Crippen LogP contribution in [0, 0.1) is 11.6 Å². The van der Waals surface area contributed by atoms with Crippen molar-refractivity contribution in [3.63, 3.8) is 0 Å². The lowest BCUT2D eigenvalue weighted by Crippen LogP contribution is -2.43. The molecule has 0 radical (unpaired) electrons. The first-order chi connectivity index (χ1) is 17.3. The van der Waals surface area contributed by atoms with E-state index in [1.165, 1.54) is 38.8 Å². The number of pyridine rings is 1. The van der Waals surface area contributed by atoms with Crippen LogP contribution < -0.4 is 5.56 Å². The van der Waals surface area contributed by atoms with Crippen molar-refractivity contribution in [1.82, 2.24) is 34.3 Å². The number of nitrogens with zero attached hydrogens (tertiary/aromatic N) is 7. The topological polar surface area (TPSA) is 104 Å². The molecule has 0 amide bonds. The van der Waals surface area contributed by atoms with Gasteiger partial charge in [-0.25, -0.2) is 18.4 Å². The van der Waals surface area contributed by atoms with Crippen LogP contribution in [0.1, 0.15) is 18.5 Å². The average molecular weight is 489 g/mol. The van der Waals surface area contributed by atoms with Crippen LogP contribution in [0.15, 0.2) is 90.6 Å². The summed E-state index contributed by atoms with van der Waals surface area (Å²) in [5.41, 5.74) is -0.287. The van der Waals surface area contributed by atoms with E-state index in [0.29, 0.717) is 11.6 Å². The molecule has 0 aliphatic heterocycles. The summed E-state index contributed by atoms with van der Waals surface area (Å²) in [6.45, 7) is 1.38. The molecule has 3 heterocycles. The van der Waals surface area contributed by atoms with Crippen LogP contribution in [-0.4, -0.2) is 39.4 Å². The van der Waals surface area contributed by atoms with Gasteiger partial charge in [0.15, 0.2) is 0 Å². The van der Waals surface area contributed by atoms with E-state index in [2.05, 4.69) is 20.3 Å². The minimum atomic E-state index is -1.95. The van der Waals surface area contributed by atoms with E-state index in [0.717, 1.165) is 17.3 Å². The molecule has 0 fully saturated rings. The van der Waals surface area contributed by atoms with Gasteiger partial charge in [0.05, 0.1) is 30.7 Å². The van der Waals surface area contributed by atoms with Crippen LogP contribution in [0.4, 0.5) is 8.78 Å². The molecule has 2 aromatic carbocycles. The molecule has 0 aliphatic rings. The molecule has 9 nitrogen and oxygen atoms in total. The second-order valence-electron chi connectivity index (χ2n) is 8.34. The molecule has 5 aromatic rings. The zero-order valence-electron chi connectivity index (χ0n) is 19.1. The summed E-state index contributed by atoms with van der Waals surface area (Å²) >= 11 is 0. The van der Waals surface area contributed by atoms with Crippen LogP contribution in [0.5, 0.6) is 0 Å². The molecular formula is C25H21F2N7O2. The Bertz CT molecular complexity index is 1530. The highest BCUT2D eigenvalue weighted by atomic mass is 19.1. The smallest absolute Gasteiger partial charge is 0.251 e. The standard InChI is InChI=1S/C25H21F2N7O2/c1-17(25(36,14-32-16-28-15-31-32)22-7-4-20(26)13-23(22)27)33-11-8-19(12-24(33)35)18-2-5-21(6-3-18)34-29-9-10-30-34/h2-13,15-17,36H,14H2,1H3/t17-,25-/m1/s1. The van der Waals surface area contributed by atoms with Crippen LogP contribution in [0.25, 0.3) is 16.8 Å². The Morgan fingerprint density at radius 1 is 0.972 bits per heavy atom. The van der Waals surface area contributed by atoms with Gasteiger partial charge in [0.1, 0.15) is 29.9 Å². The lowest BCUT2D eigenvalue weighted by molar-refractivity contribution is -0.0341. The predicted octanol–water partition coefficient (Wildman–Crippen LogP) is 3.11. The van der Waals surface area contributed by atoms with Gasteiger partial charge in [-0.05, 0) is 42.3 Å². The Morgan fingerprint density at radius 3 is 2.36 bits per heavy atom. The van der Waals surface area contributed by atoms with Crippen molar-refractivity contribution in [2.75, 3.05) is 0 Å². The first kappa shape index (κ1) is 23.2. The molecule has 0 bridgehead atoms. The average Bonchev–Trinajstić information content (AvgIpc) is 3.58. The van der Waals surface area contributed by atoms with E-state index in [9.17, 15) is 18.7 Å². The van der Waals surface area contributed by atoms with E-state index in [1.54, 1.807) is 31.6 Å². The second-order valence-corrected chi connectivity index (χ2v) is 8.34. The Morgan fingerprint density at radius 2 is 1.72 bits per heavy atom. The van der Waals surface area contributed by atoms with E-state index in [1.807, 2.05) is 24.3 Å². The van der Waals surface area contributed by atoms with Crippen LogP contribution in [0.3, 0.4) is 0 Å². The van der Waals surface area contributed by atoms with E-state index >= 15 is 0 Å². The van der Waals surface area contributed by atoms with Gasteiger partial charge in [-0.15, -0.1) is 0 Å². The minimum absolute atomic E-state index is 0.161. The molecule has 0 aliphatic carbocycles. The summed E-state index contributed by atoms with van der Waals surface area (Å²) in [6, 6.07) is 12.5. The molecule has 1 N–H and O–H groups in total. The van der Waals surface area contributed by atoms with Crippen molar-refractivity contribution in [1.29, 1.82) is 0 Å². The molecular weight excluding hydrogens is 468 g/mol. The molecule has 182 valence electrons. The van der Waals surface area contributed by atoms with Gasteiger partial charge in [0.2, 0.25) is 0 Å². The Labute approximate surface area is 203 Å². The van der Waals surface area contributed by atoms with Gasteiger partial charge < -0.3 is 9.67 Å². The molecule has 2 atom stereocenters.